The van der Waals surface area contributed by atoms with Crippen LogP contribution in [0.25, 0.3) is 10.7 Å². The summed E-state index contributed by atoms with van der Waals surface area (Å²) in [6.07, 6.45) is -2.49. The minimum Gasteiger partial charge on any atom is -0.329 e. The highest BCUT2D eigenvalue weighted by Gasteiger charge is 2.39. The zero-order chi connectivity index (χ0) is 18.2. The van der Waals surface area contributed by atoms with E-state index in [1.807, 2.05) is 0 Å². The number of halogens is 3. The average molecular weight is 395 g/mol. The summed E-state index contributed by atoms with van der Waals surface area (Å²) in [7, 11) is -3.34. The van der Waals surface area contributed by atoms with Gasteiger partial charge in [-0.05, 0) is 31.4 Å². The van der Waals surface area contributed by atoms with E-state index < -0.39 is 22.1 Å². The zero-order valence-corrected chi connectivity index (χ0v) is 14.9. The maximum absolute atomic E-state index is 12.5. The smallest absolute Gasteiger partial charge is 0.329 e. The summed E-state index contributed by atoms with van der Waals surface area (Å²) < 4.78 is 68.0. The average Bonchev–Trinajstić information content (AvgIpc) is 3.02. The Balaban J connectivity index is 1.78. The van der Waals surface area contributed by atoms with Gasteiger partial charge in [-0.2, -0.15) is 22.5 Å². The van der Waals surface area contributed by atoms with Crippen molar-refractivity contribution in [3.05, 3.63) is 22.9 Å². The van der Waals surface area contributed by atoms with E-state index in [-0.39, 0.29) is 24.2 Å². The van der Waals surface area contributed by atoms with Crippen molar-refractivity contribution in [3.63, 3.8) is 0 Å². The lowest BCUT2D eigenvalue weighted by Gasteiger charge is -2.20. The van der Waals surface area contributed by atoms with Gasteiger partial charge in [0.05, 0.1) is 10.6 Å². The lowest BCUT2D eigenvalue weighted by Crippen LogP contribution is -2.34. The Hall–Kier alpha value is -1.46. The molecule has 3 rings (SSSR count). The van der Waals surface area contributed by atoms with Crippen LogP contribution in [0.4, 0.5) is 13.2 Å². The molecule has 0 aromatic carbocycles. The molecule has 2 aromatic heterocycles. The SMILES string of the molecule is CCCS(=O)(=O)N(Cc1ccc(-c2noc(C(F)(F)F)n2)s1)C1CC1. The Kier molecular flexibility index (Phi) is 4.91. The summed E-state index contributed by atoms with van der Waals surface area (Å²) in [4.78, 5) is 4.47. The number of hydrogen-bond acceptors (Lipinski definition) is 6. The minimum absolute atomic E-state index is 0.0177. The Labute approximate surface area is 146 Å². The van der Waals surface area contributed by atoms with E-state index in [1.165, 1.54) is 4.31 Å². The van der Waals surface area contributed by atoms with Gasteiger partial charge in [0.25, 0.3) is 0 Å². The number of aromatic nitrogens is 2. The van der Waals surface area contributed by atoms with Gasteiger partial charge in [0.15, 0.2) is 0 Å². The van der Waals surface area contributed by atoms with Crippen LogP contribution in [0.2, 0.25) is 0 Å². The number of nitrogens with zero attached hydrogens (tertiary/aromatic N) is 3. The molecule has 0 N–H and O–H groups in total. The third kappa shape index (κ3) is 4.21. The molecule has 1 aliphatic rings. The summed E-state index contributed by atoms with van der Waals surface area (Å²) in [6, 6.07) is 3.27. The second-order valence-corrected chi connectivity index (χ2v) is 8.99. The van der Waals surface area contributed by atoms with Crippen molar-refractivity contribution in [3.8, 4) is 10.7 Å². The monoisotopic (exact) mass is 395 g/mol. The highest BCUT2D eigenvalue weighted by Crippen LogP contribution is 2.35. The Morgan fingerprint density at radius 1 is 1.36 bits per heavy atom. The van der Waals surface area contributed by atoms with Gasteiger partial charge in [-0.25, -0.2) is 8.42 Å². The van der Waals surface area contributed by atoms with Gasteiger partial charge in [0.2, 0.25) is 15.8 Å². The van der Waals surface area contributed by atoms with Crippen molar-refractivity contribution in [1.82, 2.24) is 14.4 Å². The summed E-state index contributed by atoms with van der Waals surface area (Å²) in [5, 5.41) is 3.34. The summed E-state index contributed by atoms with van der Waals surface area (Å²) in [5.41, 5.74) is 0. The van der Waals surface area contributed by atoms with Gasteiger partial charge in [-0.15, -0.1) is 11.3 Å². The van der Waals surface area contributed by atoms with Gasteiger partial charge < -0.3 is 4.52 Å². The van der Waals surface area contributed by atoms with E-state index >= 15 is 0 Å². The van der Waals surface area contributed by atoms with Crippen LogP contribution in [0, 0.1) is 0 Å². The predicted molar refractivity (Wildman–Crippen MR) is 85.3 cm³/mol. The molecule has 138 valence electrons. The summed E-state index contributed by atoms with van der Waals surface area (Å²) in [5.74, 6) is -1.47. The fourth-order valence-electron chi connectivity index (χ4n) is 2.37. The normalized spacial score (nSPS) is 15.9. The molecule has 25 heavy (non-hydrogen) atoms. The molecule has 1 fully saturated rings. The lowest BCUT2D eigenvalue weighted by molar-refractivity contribution is -0.159. The molecule has 2 aromatic rings. The largest absolute Gasteiger partial charge is 0.471 e. The third-order valence-electron chi connectivity index (χ3n) is 3.64. The van der Waals surface area contributed by atoms with Crippen LogP contribution in [0.1, 0.15) is 37.0 Å². The molecule has 2 heterocycles. The van der Waals surface area contributed by atoms with E-state index in [0.717, 1.165) is 29.1 Å². The topological polar surface area (TPSA) is 76.3 Å². The van der Waals surface area contributed by atoms with Gasteiger partial charge >= 0.3 is 12.1 Å². The van der Waals surface area contributed by atoms with E-state index in [1.54, 1.807) is 19.1 Å². The molecule has 0 bridgehead atoms. The van der Waals surface area contributed by atoms with Gasteiger partial charge in [0, 0.05) is 17.5 Å². The quantitative estimate of drug-likeness (QED) is 0.717. The first-order chi connectivity index (χ1) is 11.7. The van der Waals surface area contributed by atoms with Gasteiger partial charge in [-0.3, -0.25) is 0 Å². The highest BCUT2D eigenvalue weighted by molar-refractivity contribution is 7.89. The minimum atomic E-state index is -4.69. The summed E-state index contributed by atoms with van der Waals surface area (Å²) in [6.45, 7) is 2.02. The van der Waals surface area contributed by atoms with Crippen molar-refractivity contribution < 1.29 is 26.1 Å². The van der Waals surface area contributed by atoms with Crippen molar-refractivity contribution in [1.29, 1.82) is 0 Å². The molecule has 1 aliphatic carbocycles. The fourth-order valence-corrected chi connectivity index (χ4v) is 5.13. The first kappa shape index (κ1) is 18.3. The first-order valence-electron chi connectivity index (χ1n) is 7.70. The highest BCUT2D eigenvalue weighted by atomic mass is 32.2. The van der Waals surface area contributed by atoms with Crippen LogP contribution in [-0.2, 0) is 22.7 Å². The molecular formula is C14H16F3N3O3S2. The molecule has 0 saturated heterocycles. The maximum atomic E-state index is 12.5. The van der Waals surface area contributed by atoms with Crippen LogP contribution in [0.15, 0.2) is 16.7 Å². The number of sulfonamides is 1. The Bertz CT molecular complexity index is 841. The standard InChI is InChI=1S/C14H16F3N3O3S2/c1-2-7-25(21,22)20(9-3-4-9)8-10-5-6-11(24-10)12-18-13(23-19-12)14(15,16)17/h5-6,9H,2-4,7-8H2,1H3. The van der Waals surface area contributed by atoms with Crippen molar-refractivity contribution in [2.75, 3.05) is 5.75 Å². The van der Waals surface area contributed by atoms with E-state index in [4.69, 9.17) is 0 Å². The van der Waals surface area contributed by atoms with Crippen molar-refractivity contribution >= 4 is 21.4 Å². The molecule has 0 unspecified atom stereocenters. The molecule has 6 nitrogen and oxygen atoms in total. The molecular weight excluding hydrogens is 379 g/mol. The zero-order valence-electron chi connectivity index (χ0n) is 13.3. The molecule has 0 atom stereocenters. The third-order valence-corrected chi connectivity index (χ3v) is 6.77. The van der Waals surface area contributed by atoms with Gasteiger partial charge in [0.1, 0.15) is 0 Å². The second-order valence-electron chi connectivity index (χ2n) is 5.78. The maximum Gasteiger partial charge on any atom is 0.471 e. The molecule has 0 spiro atoms. The van der Waals surface area contributed by atoms with Crippen LogP contribution in [-0.4, -0.2) is 34.7 Å². The number of thiophene rings is 1. The van der Waals surface area contributed by atoms with Crippen LogP contribution < -0.4 is 0 Å². The van der Waals surface area contributed by atoms with Crippen molar-refractivity contribution in [2.24, 2.45) is 0 Å². The van der Waals surface area contributed by atoms with E-state index in [0.29, 0.717) is 11.3 Å². The first-order valence-corrected chi connectivity index (χ1v) is 10.1. The lowest BCUT2D eigenvalue weighted by atomic mass is 10.4. The number of hydrogen-bond donors (Lipinski definition) is 0. The molecule has 11 heteroatoms. The Morgan fingerprint density at radius 3 is 2.64 bits per heavy atom. The summed E-state index contributed by atoms with van der Waals surface area (Å²) >= 11 is 1.16. The van der Waals surface area contributed by atoms with Crippen LogP contribution in [0.3, 0.4) is 0 Å². The van der Waals surface area contributed by atoms with E-state index in [9.17, 15) is 21.6 Å². The van der Waals surface area contributed by atoms with Crippen LogP contribution >= 0.6 is 11.3 Å². The number of alkyl halides is 3. The predicted octanol–water partition coefficient (Wildman–Crippen LogP) is 3.52. The van der Waals surface area contributed by atoms with E-state index in [2.05, 4.69) is 14.7 Å². The molecule has 0 amide bonds. The van der Waals surface area contributed by atoms with Crippen molar-refractivity contribution in [2.45, 2.75) is 44.9 Å². The van der Waals surface area contributed by atoms with Gasteiger partial charge in [-0.1, -0.05) is 12.1 Å². The van der Waals surface area contributed by atoms with Crippen LogP contribution in [0.5, 0.6) is 0 Å². The second kappa shape index (κ2) is 6.69. The Morgan fingerprint density at radius 2 is 2.08 bits per heavy atom. The molecule has 0 aliphatic heterocycles. The molecule has 0 radical (unpaired) electrons. The number of rotatable bonds is 7. The fraction of sp³-hybridized carbons (Fsp3) is 0.571. The molecule has 1 saturated carbocycles.